The fraction of sp³-hybridized carbons (Fsp3) is 0. The summed E-state index contributed by atoms with van der Waals surface area (Å²) in [5, 5.41) is 19.8. The highest BCUT2D eigenvalue weighted by atomic mass is 32.2. The molecule has 0 saturated carbocycles. The van der Waals surface area contributed by atoms with Crippen molar-refractivity contribution in [3.63, 3.8) is 0 Å². The van der Waals surface area contributed by atoms with Gasteiger partial charge in [-0.3, -0.25) is 14.8 Å². The molecular formula is C13H11N3O6S. The Morgan fingerprint density at radius 3 is 2.48 bits per heavy atom. The summed E-state index contributed by atoms with van der Waals surface area (Å²) in [7, 11) is -4.30. The standard InChI is InChI=1S/C13H11N3O6S/c14-10-6-5-8(16(19)20)7-12(10)23(21,22)15-11-4-2-1-3-9(11)13(17)18/h1-7,15H,14H2,(H,17,18). The molecule has 0 saturated heterocycles. The van der Waals surface area contributed by atoms with Gasteiger partial charge in [-0.15, -0.1) is 0 Å². The van der Waals surface area contributed by atoms with E-state index < -0.39 is 31.5 Å². The molecule has 0 aliphatic carbocycles. The van der Waals surface area contributed by atoms with Gasteiger partial charge in [0.2, 0.25) is 0 Å². The summed E-state index contributed by atoms with van der Waals surface area (Å²) >= 11 is 0. The van der Waals surface area contributed by atoms with E-state index in [1.165, 1.54) is 24.3 Å². The second-order valence-corrected chi connectivity index (χ2v) is 6.09. The Kier molecular flexibility index (Phi) is 4.18. The molecule has 2 rings (SSSR count). The molecule has 0 bridgehead atoms. The Bertz CT molecular complexity index is 894. The van der Waals surface area contributed by atoms with Crippen LogP contribution in [0, 0.1) is 10.1 Å². The number of benzene rings is 2. The van der Waals surface area contributed by atoms with E-state index in [1.807, 2.05) is 0 Å². The van der Waals surface area contributed by atoms with Crippen LogP contribution in [0.25, 0.3) is 0 Å². The molecule has 0 unspecified atom stereocenters. The minimum atomic E-state index is -4.30. The van der Waals surface area contributed by atoms with Crippen molar-refractivity contribution in [2.24, 2.45) is 0 Å². The van der Waals surface area contributed by atoms with Gasteiger partial charge < -0.3 is 10.8 Å². The van der Waals surface area contributed by atoms with Crippen molar-refractivity contribution in [1.29, 1.82) is 0 Å². The van der Waals surface area contributed by atoms with Crippen LogP contribution < -0.4 is 10.5 Å². The first-order chi connectivity index (χ1) is 10.7. The predicted octanol–water partition coefficient (Wildman–Crippen LogP) is 1.68. The van der Waals surface area contributed by atoms with Crippen molar-refractivity contribution in [3.8, 4) is 0 Å². The molecular weight excluding hydrogens is 326 g/mol. The lowest BCUT2D eigenvalue weighted by Gasteiger charge is -2.11. The number of carbonyl (C=O) groups is 1. The number of non-ortho nitro benzene ring substituents is 1. The topological polar surface area (TPSA) is 153 Å². The average Bonchev–Trinajstić information content (AvgIpc) is 2.47. The maximum Gasteiger partial charge on any atom is 0.337 e. The van der Waals surface area contributed by atoms with Gasteiger partial charge in [0.1, 0.15) is 4.90 Å². The second kappa shape index (κ2) is 5.93. The number of hydrogen-bond acceptors (Lipinski definition) is 6. The Balaban J connectivity index is 2.50. The Morgan fingerprint density at radius 1 is 1.22 bits per heavy atom. The van der Waals surface area contributed by atoms with Crippen LogP contribution in [0.4, 0.5) is 17.1 Å². The van der Waals surface area contributed by atoms with E-state index in [1.54, 1.807) is 0 Å². The number of carboxylic acid groups (broad SMARTS) is 1. The van der Waals surface area contributed by atoms with Gasteiger partial charge in [-0.1, -0.05) is 12.1 Å². The molecule has 0 amide bonds. The summed E-state index contributed by atoms with van der Waals surface area (Å²) in [6, 6.07) is 8.33. The number of carboxylic acids is 1. The highest BCUT2D eigenvalue weighted by molar-refractivity contribution is 7.92. The normalized spacial score (nSPS) is 11.0. The molecule has 4 N–H and O–H groups in total. The van der Waals surface area contributed by atoms with E-state index in [2.05, 4.69) is 4.72 Å². The van der Waals surface area contributed by atoms with Gasteiger partial charge in [-0.2, -0.15) is 0 Å². The summed E-state index contributed by atoms with van der Waals surface area (Å²) in [5.74, 6) is -1.32. The summed E-state index contributed by atoms with van der Waals surface area (Å²) in [6.45, 7) is 0. The van der Waals surface area contributed by atoms with Gasteiger partial charge in [0.05, 0.1) is 21.9 Å². The molecule has 0 aromatic heterocycles. The van der Waals surface area contributed by atoms with Crippen molar-refractivity contribution < 1.29 is 23.2 Å². The third-order valence-electron chi connectivity index (χ3n) is 2.90. The molecule has 10 heteroatoms. The number of hydrogen-bond donors (Lipinski definition) is 3. The predicted molar refractivity (Wildman–Crippen MR) is 81.7 cm³/mol. The van der Waals surface area contributed by atoms with E-state index in [9.17, 15) is 23.3 Å². The highest BCUT2D eigenvalue weighted by Gasteiger charge is 2.23. The molecule has 2 aromatic carbocycles. The van der Waals surface area contributed by atoms with E-state index in [-0.39, 0.29) is 16.9 Å². The zero-order valence-electron chi connectivity index (χ0n) is 11.5. The van der Waals surface area contributed by atoms with E-state index in [0.29, 0.717) is 0 Å². The van der Waals surface area contributed by atoms with Gasteiger partial charge in [-0.05, 0) is 18.2 Å². The van der Waals surface area contributed by atoms with Crippen LogP contribution in [0.15, 0.2) is 47.4 Å². The molecule has 9 nitrogen and oxygen atoms in total. The summed E-state index contributed by atoms with van der Waals surface area (Å²) in [4.78, 5) is 20.6. The summed E-state index contributed by atoms with van der Waals surface area (Å²) in [5.41, 5.74) is 4.48. The van der Waals surface area contributed by atoms with Gasteiger partial charge in [0.15, 0.2) is 0 Å². The molecule has 120 valence electrons. The van der Waals surface area contributed by atoms with Crippen molar-refractivity contribution in [3.05, 3.63) is 58.1 Å². The lowest BCUT2D eigenvalue weighted by atomic mass is 10.2. The van der Waals surface area contributed by atoms with Crippen LogP contribution in [0.5, 0.6) is 0 Å². The Morgan fingerprint density at radius 2 is 1.87 bits per heavy atom. The number of nitrogens with one attached hydrogen (secondary N) is 1. The van der Waals surface area contributed by atoms with Crippen LogP contribution in [0.1, 0.15) is 10.4 Å². The third-order valence-corrected chi connectivity index (χ3v) is 4.32. The van der Waals surface area contributed by atoms with Crippen molar-refractivity contribution >= 4 is 33.1 Å². The number of nitrogens with two attached hydrogens (primary N) is 1. The Labute approximate surface area is 130 Å². The number of nitrogen functional groups attached to an aromatic ring is 1. The molecule has 2 aromatic rings. The smallest absolute Gasteiger partial charge is 0.337 e. The number of para-hydroxylation sites is 1. The fourth-order valence-electron chi connectivity index (χ4n) is 1.83. The number of sulfonamides is 1. The lowest BCUT2D eigenvalue weighted by molar-refractivity contribution is -0.385. The Hall–Kier alpha value is -3.14. The van der Waals surface area contributed by atoms with Gasteiger partial charge in [0, 0.05) is 12.1 Å². The SMILES string of the molecule is Nc1ccc([N+](=O)[O-])cc1S(=O)(=O)Nc1ccccc1C(=O)O. The number of rotatable bonds is 5. The molecule has 23 heavy (non-hydrogen) atoms. The molecule has 0 heterocycles. The quantitative estimate of drug-likeness (QED) is 0.426. The molecule has 0 atom stereocenters. The first-order valence-electron chi connectivity index (χ1n) is 6.11. The fourth-order valence-corrected chi connectivity index (χ4v) is 3.06. The molecule has 0 aliphatic rings. The molecule has 0 spiro atoms. The minimum absolute atomic E-state index is 0.175. The minimum Gasteiger partial charge on any atom is -0.478 e. The monoisotopic (exact) mass is 337 g/mol. The maximum atomic E-state index is 12.4. The molecule has 0 fully saturated rings. The maximum absolute atomic E-state index is 12.4. The van der Waals surface area contributed by atoms with E-state index >= 15 is 0 Å². The van der Waals surface area contributed by atoms with Crippen LogP contribution in [-0.2, 0) is 10.0 Å². The van der Waals surface area contributed by atoms with Crippen molar-refractivity contribution in [2.75, 3.05) is 10.5 Å². The van der Waals surface area contributed by atoms with Crippen LogP contribution in [-0.4, -0.2) is 24.4 Å². The first-order valence-corrected chi connectivity index (χ1v) is 7.60. The van der Waals surface area contributed by atoms with Crippen LogP contribution in [0.2, 0.25) is 0 Å². The number of nitro benzene ring substituents is 1. The van der Waals surface area contributed by atoms with Crippen molar-refractivity contribution in [2.45, 2.75) is 4.90 Å². The third kappa shape index (κ3) is 3.37. The van der Waals surface area contributed by atoms with Gasteiger partial charge in [-0.25, -0.2) is 13.2 Å². The lowest BCUT2D eigenvalue weighted by Crippen LogP contribution is -2.17. The summed E-state index contributed by atoms with van der Waals surface area (Å²) in [6.07, 6.45) is 0. The zero-order chi connectivity index (χ0) is 17.2. The molecule has 0 radical (unpaired) electrons. The second-order valence-electron chi connectivity index (χ2n) is 4.44. The number of aromatic carboxylic acids is 1. The first kappa shape index (κ1) is 16.2. The average molecular weight is 337 g/mol. The van der Waals surface area contributed by atoms with Crippen molar-refractivity contribution in [1.82, 2.24) is 0 Å². The van der Waals surface area contributed by atoms with E-state index in [4.69, 9.17) is 10.8 Å². The van der Waals surface area contributed by atoms with Crippen LogP contribution in [0.3, 0.4) is 0 Å². The highest BCUT2D eigenvalue weighted by Crippen LogP contribution is 2.27. The van der Waals surface area contributed by atoms with Crippen LogP contribution >= 0.6 is 0 Å². The number of nitrogens with zero attached hydrogens (tertiary/aromatic N) is 1. The summed E-state index contributed by atoms with van der Waals surface area (Å²) < 4.78 is 26.8. The van der Waals surface area contributed by atoms with Gasteiger partial charge >= 0.3 is 5.97 Å². The number of anilines is 2. The molecule has 0 aliphatic heterocycles. The largest absolute Gasteiger partial charge is 0.478 e. The zero-order valence-corrected chi connectivity index (χ0v) is 12.3. The number of nitro groups is 1. The van der Waals surface area contributed by atoms with Gasteiger partial charge in [0.25, 0.3) is 15.7 Å². The van der Waals surface area contributed by atoms with E-state index in [0.717, 1.165) is 18.2 Å².